The molecule has 0 unspecified atom stereocenters. The molecule has 0 spiro atoms. The van der Waals surface area contributed by atoms with Gasteiger partial charge in [0.1, 0.15) is 13.2 Å². The third-order valence-electron chi connectivity index (χ3n) is 4.35. The molecule has 2 aliphatic rings. The first-order valence-corrected chi connectivity index (χ1v) is 9.84. The standard InChI is InChI=1S/C18H18BrNO3S/c19-12-9-14-15(23-7-6-22-14)10-13(12)20-18(21)17-8-11-4-2-1-3-5-16(11)24-17/h8-10H,1-7H2,(H,20,21). The van der Waals surface area contributed by atoms with E-state index in [9.17, 15) is 4.79 Å². The van der Waals surface area contributed by atoms with Gasteiger partial charge in [0.2, 0.25) is 0 Å². The van der Waals surface area contributed by atoms with E-state index in [0.717, 1.165) is 22.2 Å². The molecule has 2 aromatic rings. The maximum Gasteiger partial charge on any atom is 0.265 e. The number of thiophene rings is 1. The fourth-order valence-corrected chi connectivity index (χ4v) is 4.69. The second kappa shape index (κ2) is 6.76. The first-order chi connectivity index (χ1) is 11.7. The van der Waals surface area contributed by atoms with Crippen LogP contribution < -0.4 is 14.8 Å². The summed E-state index contributed by atoms with van der Waals surface area (Å²) < 4.78 is 11.9. The van der Waals surface area contributed by atoms with Gasteiger partial charge >= 0.3 is 0 Å². The van der Waals surface area contributed by atoms with Gasteiger partial charge in [-0.05, 0) is 53.2 Å². The lowest BCUT2D eigenvalue weighted by molar-refractivity contribution is 0.103. The van der Waals surface area contributed by atoms with Gasteiger partial charge in [-0.25, -0.2) is 0 Å². The van der Waals surface area contributed by atoms with Gasteiger partial charge in [0.05, 0.1) is 10.6 Å². The van der Waals surface area contributed by atoms with Crippen molar-refractivity contribution < 1.29 is 14.3 Å². The molecule has 1 aliphatic carbocycles. The molecule has 1 amide bonds. The van der Waals surface area contributed by atoms with Crippen molar-refractivity contribution in [2.45, 2.75) is 32.1 Å². The summed E-state index contributed by atoms with van der Waals surface area (Å²) in [6, 6.07) is 5.72. The van der Waals surface area contributed by atoms with E-state index < -0.39 is 0 Å². The molecule has 0 bridgehead atoms. The fraction of sp³-hybridized carbons (Fsp3) is 0.389. The smallest absolute Gasteiger partial charge is 0.265 e. The Balaban J connectivity index is 1.56. The average molecular weight is 408 g/mol. The molecular weight excluding hydrogens is 390 g/mol. The van der Waals surface area contributed by atoms with E-state index in [4.69, 9.17) is 9.47 Å². The minimum absolute atomic E-state index is 0.0644. The van der Waals surface area contributed by atoms with Crippen LogP contribution >= 0.6 is 27.3 Å². The molecule has 4 rings (SSSR count). The van der Waals surface area contributed by atoms with Crippen molar-refractivity contribution in [1.82, 2.24) is 0 Å². The lowest BCUT2D eigenvalue weighted by Gasteiger charge is -2.20. The van der Waals surface area contributed by atoms with Crippen molar-refractivity contribution in [2.24, 2.45) is 0 Å². The number of hydrogen-bond acceptors (Lipinski definition) is 4. The van der Waals surface area contributed by atoms with E-state index in [2.05, 4.69) is 27.3 Å². The van der Waals surface area contributed by atoms with Gasteiger partial charge in [-0.2, -0.15) is 0 Å². The Morgan fingerprint density at radius 2 is 1.79 bits per heavy atom. The van der Waals surface area contributed by atoms with Crippen molar-refractivity contribution in [3.8, 4) is 11.5 Å². The summed E-state index contributed by atoms with van der Waals surface area (Å²) in [7, 11) is 0. The fourth-order valence-electron chi connectivity index (χ4n) is 3.12. The molecule has 2 heterocycles. The predicted octanol–water partition coefficient (Wildman–Crippen LogP) is 4.80. The van der Waals surface area contributed by atoms with Crippen LogP contribution in [0.4, 0.5) is 5.69 Å². The molecule has 24 heavy (non-hydrogen) atoms. The first-order valence-electron chi connectivity index (χ1n) is 8.23. The van der Waals surface area contributed by atoms with E-state index in [-0.39, 0.29) is 5.91 Å². The number of halogens is 1. The van der Waals surface area contributed by atoms with Gasteiger partial charge in [0.25, 0.3) is 5.91 Å². The molecule has 1 aromatic heterocycles. The van der Waals surface area contributed by atoms with Gasteiger partial charge in [-0.3, -0.25) is 4.79 Å². The Labute approximate surface area is 153 Å². The molecule has 1 N–H and O–H groups in total. The SMILES string of the molecule is O=C(Nc1cc2c(cc1Br)OCCO2)c1cc2c(s1)CCCCC2. The van der Waals surface area contributed by atoms with Crippen LogP contribution in [-0.2, 0) is 12.8 Å². The molecule has 0 saturated heterocycles. The van der Waals surface area contributed by atoms with E-state index >= 15 is 0 Å². The van der Waals surface area contributed by atoms with Crippen molar-refractivity contribution in [3.63, 3.8) is 0 Å². The lowest BCUT2D eigenvalue weighted by Crippen LogP contribution is -2.16. The Morgan fingerprint density at radius 1 is 1.04 bits per heavy atom. The van der Waals surface area contributed by atoms with Crippen molar-refractivity contribution in [3.05, 3.63) is 38.0 Å². The third kappa shape index (κ3) is 3.17. The molecule has 1 aromatic carbocycles. The molecule has 0 atom stereocenters. The summed E-state index contributed by atoms with van der Waals surface area (Å²) in [5, 5.41) is 2.99. The van der Waals surface area contributed by atoms with Crippen molar-refractivity contribution >= 4 is 38.9 Å². The highest BCUT2D eigenvalue weighted by atomic mass is 79.9. The summed E-state index contributed by atoms with van der Waals surface area (Å²) >= 11 is 5.12. The monoisotopic (exact) mass is 407 g/mol. The Bertz CT molecular complexity index is 763. The highest BCUT2D eigenvalue weighted by Crippen LogP contribution is 2.38. The predicted molar refractivity (Wildman–Crippen MR) is 98.7 cm³/mol. The van der Waals surface area contributed by atoms with Gasteiger partial charge in [-0.1, -0.05) is 6.42 Å². The number of benzene rings is 1. The zero-order valence-electron chi connectivity index (χ0n) is 13.2. The lowest BCUT2D eigenvalue weighted by atomic mass is 10.1. The Morgan fingerprint density at radius 3 is 2.62 bits per heavy atom. The summed E-state index contributed by atoms with van der Waals surface area (Å²) in [5.41, 5.74) is 2.05. The van der Waals surface area contributed by atoms with Gasteiger partial charge in [0, 0.05) is 21.5 Å². The molecular formula is C18H18BrNO3S. The van der Waals surface area contributed by atoms with Gasteiger partial charge in [0.15, 0.2) is 11.5 Å². The number of amides is 1. The van der Waals surface area contributed by atoms with Crippen molar-refractivity contribution in [1.29, 1.82) is 0 Å². The molecule has 6 heteroatoms. The number of fused-ring (bicyclic) bond motifs is 2. The second-order valence-corrected chi connectivity index (χ2v) is 8.04. The van der Waals surface area contributed by atoms with E-state index in [0.29, 0.717) is 30.4 Å². The number of hydrogen-bond donors (Lipinski definition) is 1. The van der Waals surface area contributed by atoms with Crippen LogP contribution in [0.3, 0.4) is 0 Å². The molecule has 126 valence electrons. The zero-order valence-corrected chi connectivity index (χ0v) is 15.6. The minimum Gasteiger partial charge on any atom is -0.486 e. The topological polar surface area (TPSA) is 47.6 Å². The Hall–Kier alpha value is -1.53. The highest BCUT2D eigenvalue weighted by Gasteiger charge is 2.19. The summed E-state index contributed by atoms with van der Waals surface area (Å²) in [6.07, 6.45) is 5.92. The Kier molecular flexibility index (Phi) is 4.50. The van der Waals surface area contributed by atoms with Crippen LogP contribution in [0.15, 0.2) is 22.7 Å². The first kappa shape index (κ1) is 16.0. The van der Waals surface area contributed by atoms with Crippen molar-refractivity contribution in [2.75, 3.05) is 18.5 Å². The quantitative estimate of drug-likeness (QED) is 0.726. The number of carbonyl (C=O) groups is 1. The summed E-state index contributed by atoms with van der Waals surface area (Å²) in [5.74, 6) is 1.31. The van der Waals surface area contributed by atoms with Crippen LogP contribution in [0.1, 0.15) is 39.4 Å². The zero-order chi connectivity index (χ0) is 16.5. The average Bonchev–Trinajstić information content (AvgIpc) is 2.86. The van der Waals surface area contributed by atoms with Gasteiger partial charge < -0.3 is 14.8 Å². The second-order valence-electron chi connectivity index (χ2n) is 6.05. The van der Waals surface area contributed by atoms with Crippen LogP contribution in [0, 0.1) is 0 Å². The van der Waals surface area contributed by atoms with Crippen LogP contribution in [0.5, 0.6) is 11.5 Å². The molecule has 0 radical (unpaired) electrons. The normalized spacial score (nSPS) is 16.2. The van der Waals surface area contributed by atoms with E-state index in [1.54, 1.807) is 11.3 Å². The minimum atomic E-state index is -0.0644. The maximum absolute atomic E-state index is 12.6. The number of aryl methyl sites for hydroxylation is 2. The van der Waals surface area contributed by atoms with Crippen LogP contribution in [-0.4, -0.2) is 19.1 Å². The number of carbonyl (C=O) groups excluding carboxylic acids is 1. The maximum atomic E-state index is 12.6. The number of nitrogens with one attached hydrogen (secondary N) is 1. The van der Waals surface area contributed by atoms with E-state index in [1.165, 1.54) is 29.7 Å². The van der Waals surface area contributed by atoms with Crippen LogP contribution in [0.25, 0.3) is 0 Å². The molecule has 1 aliphatic heterocycles. The summed E-state index contributed by atoms with van der Waals surface area (Å²) in [6.45, 7) is 1.07. The molecule has 4 nitrogen and oxygen atoms in total. The summed E-state index contributed by atoms with van der Waals surface area (Å²) in [4.78, 5) is 14.8. The van der Waals surface area contributed by atoms with Gasteiger partial charge in [-0.15, -0.1) is 11.3 Å². The number of ether oxygens (including phenoxy) is 2. The van der Waals surface area contributed by atoms with E-state index in [1.807, 2.05) is 12.1 Å². The van der Waals surface area contributed by atoms with Crippen LogP contribution in [0.2, 0.25) is 0 Å². The third-order valence-corrected chi connectivity index (χ3v) is 6.24. The number of rotatable bonds is 2. The molecule has 0 saturated carbocycles. The highest BCUT2D eigenvalue weighted by molar-refractivity contribution is 9.10. The largest absolute Gasteiger partial charge is 0.486 e. The number of anilines is 1. The molecule has 0 fully saturated rings.